The fraction of sp³-hybridized carbons (Fsp3) is 0.214. The molecule has 0 aliphatic carbocycles. The third-order valence-corrected chi connectivity index (χ3v) is 3.33. The van der Waals surface area contributed by atoms with Gasteiger partial charge in [-0.1, -0.05) is 0 Å². The maximum atomic E-state index is 5.41. The van der Waals surface area contributed by atoms with Gasteiger partial charge >= 0.3 is 0 Å². The highest BCUT2D eigenvalue weighted by Gasteiger charge is 2.13. The molecule has 0 saturated carbocycles. The van der Waals surface area contributed by atoms with Crippen LogP contribution >= 0.6 is 11.3 Å². The van der Waals surface area contributed by atoms with Crippen LogP contribution in [0.3, 0.4) is 0 Å². The van der Waals surface area contributed by atoms with Gasteiger partial charge in [-0.15, -0.1) is 11.3 Å². The van der Waals surface area contributed by atoms with Gasteiger partial charge in [0.15, 0.2) is 11.5 Å². The Labute approximate surface area is 116 Å². The van der Waals surface area contributed by atoms with Crippen molar-refractivity contribution in [1.29, 1.82) is 0 Å². The first-order valence-electron chi connectivity index (χ1n) is 5.66. The van der Waals surface area contributed by atoms with Gasteiger partial charge in [0.25, 0.3) is 0 Å². The SMILES string of the molecule is COc1ccc(C=Cc2nccs2)c(OC)c1OC. The molecule has 0 aliphatic heterocycles. The molecule has 1 heterocycles. The van der Waals surface area contributed by atoms with Gasteiger partial charge in [0.2, 0.25) is 5.75 Å². The summed E-state index contributed by atoms with van der Waals surface area (Å²) in [6.45, 7) is 0. The molecule has 0 fully saturated rings. The van der Waals surface area contributed by atoms with Crippen LogP contribution in [0.15, 0.2) is 23.7 Å². The average molecular weight is 277 g/mol. The summed E-state index contributed by atoms with van der Waals surface area (Å²) in [7, 11) is 4.80. The third kappa shape index (κ3) is 2.88. The van der Waals surface area contributed by atoms with Crippen LogP contribution in [-0.4, -0.2) is 26.3 Å². The Morgan fingerprint density at radius 2 is 1.79 bits per heavy atom. The molecular formula is C14H15NO3S. The maximum absolute atomic E-state index is 5.41. The lowest BCUT2D eigenvalue weighted by molar-refractivity contribution is 0.324. The summed E-state index contributed by atoms with van der Waals surface area (Å²) in [6.07, 6.45) is 5.66. The van der Waals surface area contributed by atoms with Crippen molar-refractivity contribution in [3.05, 3.63) is 34.3 Å². The zero-order chi connectivity index (χ0) is 13.7. The van der Waals surface area contributed by atoms with E-state index in [0.717, 1.165) is 10.6 Å². The zero-order valence-electron chi connectivity index (χ0n) is 11.0. The van der Waals surface area contributed by atoms with Crippen molar-refractivity contribution in [2.75, 3.05) is 21.3 Å². The van der Waals surface area contributed by atoms with Crippen LogP contribution in [0, 0.1) is 0 Å². The van der Waals surface area contributed by atoms with Crippen LogP contribution in [0.25, 0.3) is 12.2 Å². The second-order valence-corrected chi connectivity index (χ2v) is 4.55. The van der Waals surface area contributed by atoms with E-state index in [1.165, 1.54) is 0 Å². The Morgan fingerprint density at radius 3 is 2.37 bits per heavy atom. The minimum absolute atomic E-state index is 0.589. The summed E-state index contributed by atoms with van der Waals surface area (Å²) in [5, 5.41) is 2.88. The molecule has 0 saturated heterocycles. The molecule has 2 rings (SSSR count). The number of nitrogens with zero attached hydrogens (tertiary/aromatic N) is 1. The Bertz CT molecular complexity index is 564. The van der Waals surface area contributed by atoms with E-state index in [4.69, 9.17) is 14.2 Å². The van der Waals surface area contributed by atoms with Crippen molar-refractivity contribution in [3.63, 3.8) is 0 Å². The second-order valence-electron chi connectivity index (χ2n) is 3.63. The molecular weight excluding hydrogens is 262 g/mol. The molecule has 0 N–H and O–H groups in total. The number of methoxy groups -OCH3 is 3. The molecule has 19 heavy (non-hydrogen) atoms. The zero-order valence-corrected chi connectivity index (χ0v) is 11.9. The molecule has 2 aromatic rings. The van der Waals surface area contributed by atoms with Gasteiger partial charge in [-0.2, -0.15) is 0 Å². The summed E-state index contributed by atoms with van der Waals surface area (Å²) >= 11 is 1.58. The summed E-state index contributed by atoms with van der Waals surface area (Å²) < 4.78 is 16.0. The molecule has 0 amide bonds. The van der Waals surface area contributed by atoms with E-state index < -0.39 is 0 Å². The van der Waals surface area contributed by atoms with Crippen molar-refractivity contribution < 1.29 is 14.2 Å². The molecule has 1 aromatic heterocycles. The van der Waals surface area contributed by atoms with Crippen LogP contribution in [0.1, 0.15) is 10.6 Å². The second kappa shape index (κ2) is 6.24. The number of ether oxygens (including phenoxy) is 3. The number of aromatic nitrogens is 1. The summed E-state index contributed by atoms with van der Waals surface area (Å²) in [5.41, 5.74) is 0.912. The predicted octanol–water partition coefficient (Wildman–Crippen LogP) is 3.34. The van der Waals surface area contributed by atoms with Crippen LogP contribution in [-0.2, 0) is 0 Å². The first-order valence-corrected chi connectivity index (χ1v) is 6.54. The number of benzene rings is 1. The van der Waals surface area contributed by atoms with Gasteiger partial charge in [0, 0.05) is 17.1 Å². The third-order valence-electron chi connectivity index (χ3n) is 2.59. The summed E-state index contributed by atoms with van der Waals surface area (Å²) in [5.74, 6) is 1.88. The van der Waals surface area contributed by atoms with Crippen molar-refractivity contribution >= 4 is 23.5 Å². The van der Waals surface area contributed by atoms with E-state index in [9.17, 15) is 0 Å². The Kier molecular flexibility index (Phi) is 4.41. The minimum Gasteiger partial charge on any atom is -0.493 e. The first-order chi connectivity index (χ1) is 9.30. The number of rotatable bonds is 5. The first kappa shape index (κ1) is 13.4. The standard InChI is InChI=1S/C14H15NO3S/c1-16-11-6-4-10(13(17-2)14(11)18-3)5-7-12-15-8-9-19-12/h4-9H,1-3H3. The fourth-order valence-corrected chi connectivity index (χ4v) is 2.26. The summed E-state index contributed by atoms with van der Waals surface area (Å²) in [6, 6.07) is 3.77. The molecule has 0 unspecified atom stereocenters. The molecule has 0 radical (unpaired) electrons. The van der Waals surface area contributed by atoms with Crippen LogP contribution < -0.4 is 14.2 Å². The van der Waals surface area contributed by atoms with Gasteiger partial charge in [0.1, 0.15) is 5.01 Å². The molecule has 5 heteroatoms. The van der Waals surface area contributed by atoms with E-state index in [-0.39, 0.29) is 0 Å². The highest BCUT2D eigenvalue weighted by Crippen LogP contribution is 2.40. The van der Waals surface area contributed by atoms with Gasteiger partial charge in [0.05, 0.1) is 21.3 Å². The van der Waals surface area contributed by atoms with Gasteiger partial charge in [-0.3, -0.25) is 0 Å². The van der Waals surface area contributed by atoms with Crippen LogP contribution in [0.4, 0.5) is 0 Å². The molecule has 1 aromatic carbocycles. The van der Waals surface area contributed by atoms with Crippen molar-refractivity contribution in [3.8, 4) is 17.2 Å². The lowest BCUT2D eigenvalue weighted by Gasteiger charge is -2.13. The molecule has 4 nitrogen and oxygen atoms in total. The Balaban J connectivity index is 2.40. The minimum atomic E-state index is 0.589. The highest BCUT2D eigenvalue weighted by atomic mass is 32.1. The van der Waals surface area contributed by atoms with Gasteiger partial charge < -0.3 is 14.2 Å². The van der Waals surface area contributed by atoms with E-state index in [1.54, 1.807) is 38.9 Å². The molecule has 0 atom stereocenters. The number of hydrogen-bond donors (Lipinski definition) is 0. The van der Waals surface area contributed by atoms with E-state index in [0.29, 0.717) is 17.2 Å². The maximum Gasteiger partial charge on any atom is 0.203 e. The quantitative estimate of drug-likeness (QED) is 0.840. The van der Waals surface area contributed by atoms with Gasteiger partial charge in [-0.05, 0) is 24.3 Å². The Morgan fingerprint density at radius 1 is 1.00 bits per heavy atom. The van der Waals surface area contributed by atoms with Crippen LogP contribution in [0.2, 0.25) is 0 Å². The van der Waals surface area contributed by atoms with E-state index >= 15 is 0 Å². The van der Waals surface area contributed by atoms with E-state index in [1.807, 2.05) is 29.7 Å². The average Bonchev–Trinajstić information content (AvgIpc) is 2.96. The van der Waals surface area contributed by atoms with Crippen LogP contribution in [0.5, 0.6) is 17.2 Å². The summed E-state index contributed by atoms with van der Waals surface area (Å²) in [4.78, 5) is 4.20. The highest BCUT2D eigenvalue weighted by molar-refractivity contribution is 7.10. The number of hydrogen-bond acceptors (Lipinski definition) is 5. The predicted molar refractivity (Wildman–Crippen MR) is 77.1 cm³/mol. The Hall–Kier alpha value is -2.01. The molecule has 0 bridgehead atoms. The van der Waals surface area contributed by atoms with Gasteiger partial charge in [-0.25, -0.2) is 4.98 Å². The molecule has 0 aliphatic rings. The van der Waals surface area contributed by atoms with Crippen molar-refractivity contribution in [1.82, 2.24) is 4.98 Å². The fourth-order valence-electron chi connectivity index (χ4n) is 1.73. The number of thiazole rings is 1. The smallest absolute Gasteiger partial charge is 0.203 e. The van der Waals surface area contributed by atoms with Crippen molar-refractivity contribution in [2.24, 2.45) is 0 Å². The lowest BCUT2D eigenvalue weighted by Crippen LogP contribution is -1.96. The molecule has 0 spiro atoms. The van der Waals surface area contributed by atoms with E-state index in [2.05, 4.69) is 4.98 Å². The topological polar surface area (TPSA) is 40.6 Å². The lowest BCUT2D eigenvalue weighted by atomic mass is 10.1. The van der Waals surface area contributed by atoms with Crippen molar-refractivity contribution in [2.45, 2.75) is 0 Å². The molecule has 100 valence electrons. The largest absolute Gasteiger partial charge is 0.493 e. The monoisotopic (exact) mass is 277 g/mol. The normalized spacial score (nSPS) is 10.7.